The van der Waals surface area contributed by atoms with Crippen LogP contribution in [0.3, 0.4) is 0 Å². The number of rotatable bonds is 13. The number of carbonyl (C=O) groups excluding carboxylic acids is 2. The molecular formula is C26H37N3O6S. The van der Waals surface area contributed by atoms with Gasteiger partial charge in [0, 0.05) is 31.6 Å². The quantitative estimate of drug-likeness (QED) is 0.436. The Kier molecular flexibility index (Phi) is 10.6. The van der Waals surface area contributed by atoms with Crippen LogP contribution < -0.4 is 19.1 Å². The van der Waals surface area contributed by atoms with Gasteiger partial charge in [-0.25, -0.2) is 8.42 Å². The summed E-state index contributed by atoms with van der Waals surface area (Å²) in [5.41, 5.74) is 1.28. The van der Waals surface area contributed by atoms with Crippen molar-refractivity contribution < 1.29 is 27.5 Å². The molecule has 9 nitrogen and oxygen atoms in total. The molecule has 0 radical (unpaired) electrons. The molecule has 0 aliphatic heterocycles. The van der Waals surface area contributed by atoms with E-state index in [4.69, 9.17) is 9.47 Å². The molecule has 2 rings (SSSR count). The first-order chi connectivity index (χ1) is 17.0. The molecular weight excluding hydrogens is 482 g/mol. The van der Waals surface area contributed by atoms with Crippen molar-refractivity contribution in [3.63, 3.8) is 0 Å². The first kappa shape index (κ1) is 29.0. The van der Waals surface area contributed by atoms with E-state index in [2.05, 4.69) is 5.32 Å². The van der Waals surface area contributed by atoms with Crippen LogP contribution in [0.15, 0.2) is 48.5 Å². The highest BCUT2D eigenvalue weighted by Crippen LogP contribution is 2.24. The number of sulfonamides is 1. The highest BCUT2D eigenvalue weighted by atomic mass is 32.2. The summed E-state index contributed by atoms with van der Waals surface area (Å²) in [4.78, 5) is 27.6. The van der Waals surface area contributed by atoms with E-state index >= 15 is 0 Å². The lowest BCUT2D eigenvalue weighted by molar-refractivity contribution is -0.140. The standard InChI is InChI=1S/C26H37N3O6S/c1-19(2)27-26(31)20(3)28(18-21-10-7-12-23(16-21)34-4)25(30)14-9-15-29(36(6,32)33)22-11-8-13-24(17-22)35-5/h7-8,10-13,16-17,19-20H,9,14-15,18H2,1-6H3,(H,27,31)/t20-/m1/s1. The summed E-state index contributed by atoms with van der Waals surface area (Å²) in [6.07, 6.45) is 1.47. The Hall–Kier alpha value is -3.27. The van der Waals surface area contributed by atoms with Gasteiger partial charge in [-0.05, 0) is 57.0 Å². The zero-order chi connectivity index (χ0) is 26.9. The molecule has 0 bridgehead atoms. The van der Waals surface area contributed by atoms with Crippen LogP contribution in [-0.4, -0.2) is 64.2 Å². The molecule has 0 aliphatic carbocycles. The molecule has 2 aromatic carbocycles. The number of nitrogens with zero attached hydrogens (tertiary/aromatic N) is 2. The maximum atomic E-state index is 13.3. The molecule has 0 heterocycles. The van der Waals surface area contributed by atoms with Gasteiger partial charge < -0.3 is 19.7 Å². The summed E-state index contributed by atoms with van der Waals surface area (Å²) in [7, 11) is -0.510. The number of hydrogen-bond acceptors (Lipinski definition) is 6. The van der Waals surface area contributed by atoms with Crippen molar-refractivity contribution in [2.75, 3.05) is 31.3 Å². The Morgan fingerprint density at radius 2 is 1.58 bits per heavy atom. The van der Waals surface area contributed by atoms with Gasteiger partial charge in [-0.3, -0.25) is 13.9 Å². The van der Waals surface area contributed by atoms with Crippen molar-refractivity contribution in [2.45, 2.75) is 52.2 Å². The Bertz CT molecular complexity index is 1140. The van der Waals surface area contributed by atoms with Gasteiger partial charge >= 0.3 is 0 Å². The smallest absolute Gasteiger partial charge is 0.242 e. The number of methoxy groups -OCH3 is 2. The summed E-state index contributed by atoms with van der Waals surface area (Å²) in [5, 5.41) is 2.86. The molecule has 0 saturated carbocycles. The molecule has 0 unspecified atom stereocenters. The second-order valence-electron chi connectivity index (χ2n) is 8.85. The molecule has 1 N–H and O–H groups in total. The predicted molar refractivity (Wildman–Crippen MR) is 141 cm³/mol. The molecule has 36 heavy (non-hydrogen) atoms. The number of amides is 2. The Labute approximate surface area is 214 Å². The topological polar surface area (TPSA) is 105 Å². The zero-order valence-corrected chi connectivity index (χ0v) is 22.7. The number of ether oxygens (including phenoxy) is 2. The van der Waals surface area contributed by atoms with Crippen LogP contribution in [0.5, 0.6) is 11.5 Å². The normalized spacial score (nSPS) is 12.1. The lowest BCUT2D eigenvalue weighted by atomic mass is 10.1. The van der Waals surface area contributed by atoms with Crippen LogP contribution in [0.4, 0.5) is 5.69 Å². The predicted octanol–water partition coefficient (Wildman–Crippen LogP) is 3.19. The van der Waals surface area contributed by atoms with E-state index in [1.807, 2.05) is 38.1 Å². The van der Waals surface area contributed by atoms with E-state index in [0.29, 0.717) is 17.2 Å². The lowest BCUT2D eigenvalue weighted by Gasteiger charge is -2.30. The molecule has 0 spiro atoms. The number of anilines is 1. The van der Waals surface area contributed by atoms with E-state index in [1.165, 1.54) is 16.3 Å². The first-order valence-electron chi connectivity index (χ1n) is 11.8. The third-order valence-electron chi connectivity index (χ3n) is 5.58. The highest BCUT2D eigenvalue weighted by molar-refractivity contribution is 7.92. The number of nitrogens with one attached hydrogen (secondary N) is 1. The molecule has 2 amide bonds. The minimum atomic E-state index is -3.59. The average molecular weight is 520 g/mol. The van der Waals surface area contributed by atoms with Crippen LogP contribution in [0, 0.1) is 0 Å². The largest absolute Gasteiger partial charge is 0.497 e. The van der Waals surface area contributed by atoms with E-state index in [-0.39, 0.29) is 43.8 Å². The van der Waals surface area contributed by atoms with Crippen molar-refractivity contribution in [1.82, 2.24) is 10.2 Å². The Morgan fingerprint density at radius 3 is 2.17 bits per heavy atom. The van der Waals surface area contributed by atoms with Crippen LogP contribution >= 0.6 is 0 Å². The van der Waals surface area contributed by atoms with Crippen LogP contribution in [0.1, 0.15) is 39.2 Å². The molecule has 0 fully saturated rings. The highest BCUT2D eigenvalue weighted by Gasteiger charge is 2.27. The minimum Gasteiger partial charge on any atom is -0.497 e. The fraction of sp³-hybridized carbons (Fsp3) is 0.462. The zero-order valence-electron chi connectivity index (χ0n) is 21.9. The third kappa shape index (κ3) is 8.44. The maximum Gasteiger partial charge on any atom is 0.242 e. The molecule has 0 saturated heterocycles. The minimum absolute atomic E-state index is 0.0687. The second kappa shape index (κ2) is 13.2. The Balaban J connectivity index is 2.20. The average Bonchev–Trinajstić information content (AvgIpc) is 2.83. The summed E-state index contributed by atoms with van der Waals surface area (Å²) >= 11 is 0. The maximum absolute atomic E-state index is 13.3. The van der Waals surface area contributed by atoms with Gasteiger partial charge in [0.15, 0.2) is 0 Å². The van der Waals surface area contributed by atoms with Gasteiger partial charge in [0.25, 0.3) is 0 Å². The molecule has 10 heteroatoms. The van der Waals surface area contributed by atoms with Crippen molar-refractivity contribution >= 4 is 27.5 Å². The summed E-state index contributed by atoms with van der Waals surface area (Å²) in [6.45, 7) is 5.73. The van der Waals surface area contributed by atoms with E-state index in [1.54, 1.807) is 38.3 Å². The monoisotopic (exact) mass is 519 g/mol. The molecule has 0 aromatic heterocycles. The van der Waals surface area contributed by atoms with Crippen molar-refractivity contribution in [1.29, 1.82) is 0 Å². The van der Waals surface area contributed by atoms with Crippen LogP contribution in [0.25, 0.3) is 0 Å². The molecule has 0 aliphatic rings. The number of carbonyl (C=O) groups is 2. The van der Waals surface area contributed by atoms with Crippen molar-refractivity contribution in [2.24, 2.45) is 0 Å². The van der Waals surface area contributed by atoms with Gasteiger partial charge in [-0.1, -0.05) is 18.2 Å². The molecule has 2 aromatic rings. The van der Waals surface area contributed by atoms with Gasteiger partial charge in [0.2, 0.25) is 21.8 Å². The fourth-order valence-electron chi connectivity index (χ4n) is 3.72. The molecule has 1 atom stereocenters. The van der Waals surface area contributed by atoms with E-state index < -0.39 is 16.1 Å². The Morgan fingerprint density at radius 1 is 0.972 bits per heavy atom. The lowest BCUT2D eigenvalue weighted by Crippen LogP contribution is -2.49. The number of benzene rings is 2. The summed E-state index contributed by atoms with van der Waals surface area (Å²) in [6, 6.07) is 13.3. The van der Waals surface area contributed by atoms with E-state index in [0.717, 1.165) is 11.8 Å². The van der Waals surface area contributed by atoms with Gasteiger partial charge in [-0.2, -0.15) is 0 Å². The van der Waals surface area contributed by atoms with E-state index in [9.17, 15) is 18.0 Å². The third-order valence-corrected chi connectivity index (χ3v) is 6.77. The van der Waals surface area contributed by atoms with Crippen LogP contribution in [0.2, 0.25) is 0 Å². The molecule has 198 valence electrons. The van der Waals surface area contributed by atoms with Gasteiger partial charge in [-0.15, -0.1) is 0 Å². The SMILES string of the molecule is COc1cccc(CN(C(=O)CCCN(c2cccc(OC)c2)S(C)(=O)=O)[C@H](C)C(=O)NC(C)C)c1. The summed E-state index contributed by atoms with van der Waals surface area (Å²) in [5.74, 6) is 0.687. The van der Waals surface area contributed by atoms with Crippen molar-refractivity contribution in [3.05, 3.63) is 54.1 Å². The summed E-state index contributed by atoms with van der Waals surface area (Å²) < 4.78 is 36.7. The first-order valence-corrected chi connectivity index (χ1v) is 13.7. The second-order valence-corrected chi connectivity index (χ2v) is 10.8. The number of hydrogen-bond donors (Lipinski definition) is 1. The van der Waals surface area contributed by atoms with Gasteiger partial charge in [0.05, 0.1) is 26.2 Å². The fourth-order valence-corrected chi connectivity index (χ4v) is 4.68. The van der Waals surface area contributed by atoms with Crippen molar-refractivity contribution in [3.8, 4) is 11.5 Å². The van der Waals surface area contributed by atoms with Crippen LogP contribution in [-0.2, 0) is 26.2 Å². The van der Waals surface area contributed by atoms with Gasteiger partial charge in [0.1, 0.15) is 17.5 Å².